The van der Waals surface area contributed by atoms with Gasteiger partial charge in [0.25, 0.3) is 0 Å². The average molecular weight is 255 g/mol. The van der Waals surface area contributed by atoms with Crippen LogP contribution in [0.25, 0.3) is 0 Å². The van der Waals surface area contributed by atoms with E-state index in [1.54, 1.807) is 0 Å². The van der Waals surface area contributed by atoms with E-state index in [2.05, 4.69) is 48.1 Å². The highest BCUT2D eigenvalue weighted by Crippen LogP contribution is 2.11. The third-order valence-electron chi connectivity index (χ3n) is 3.09. The summed E-state index contributed by atoms with van der Waals surface area (Å²) in [6.07, 6.45) is 4.25. The van der Waals surface area contributed by atoms with Crippen LogP contribution in [0.3, 0.4) is 0 Å². The fraction of sp³-hybridized carbons (Fsp3) is 0.769. The molecule has 0 amide bonds. The van der Waals surface area contributed by atoms with Crippen LogP contribution in [0.1, 0.15) is 38.9 Å². The Morgan fingerprint density at radius 3 is 2.82 bits per heavy atom. The van der Waals surface area contributed by atoms with Gasteiger partial charge in [0.2, 0.25) is 0 Å². The Morgan fingerprint density at radius 1 is 1.47 bits per heavy atom. The second kappa shape index (κ2) is 7.77. The normalized spacial score (nSPS) is 14.8. The van der Waals surface area contributed by atoms with Crippen molar-refractivity contribution < 1.29 is 0 Å². The van der Waals surface area contributed by atoms with Crippen LogP contribution in [0.15, 0.2) is 12.3 Å². The Balaban J connectivity index is 2.52. The maximum atomic E-state index is 4.64. The standard InChI is InChI=1S/C13H25N3S/c1-5-11(3)16-8-7-12(15-16)9-13(14-4)10-17-6-2/h7-8,11,13-14H,5-6,9-10H2,1-4H3. The van der Waals surface area contributed by atoms with Crippen LogP contribution in [0, 0.1) is 0 Å². The van der Waals surface area contributed by atoms with Crippen molar-refractivity contribution in [2.24, 2.45) is 0 Å². The number of nitrogens with zero attached hydrogens (tertiary/aromatic N) is 2. The van der Waals surface area contributed by atoms with E-state index in [1.165, 1.54) is 11.4 Å². The number of hydrogen-bond donors (Lipinski definition) is 1. The highest BCUT2D eigenvalue weighted by atomic mass is 32.2. The number of likely N-dealkylation sites (N-methyl/N-ethyl adjacent to an activating group) is 1. The SMILES string of the molecule is CCSCC(Cc1ccn(C(C)CC)n1)NC. The zero-order chi connectivity index (χ0) is 12.7. The minimum Gasteiger partial charge on any atom is -0.316 e. The molecule has 1 rings (SSSR count). The Bertz CT molecular complexity index is 311. The number of hydrogen-bond acceptors (Lipinski definition) is 3. The number of thioether (sulfide) groups is 1. The first kappa shape index (κ1) is 14.6. The van der Waals surface area contributed by atoms with E-state index in [4.69, 9.17) is 0 Å². The Morgan fingerprint density at radius 2 is 2.24 bits per heavy atom. The quantitative estimate of drug-likeness (QED) is 0.774. The summed E-state index contributed by atoms with van der Waals surface area (Å²) in [5.41, 5.74) is 1.20. The molecule has 0 fully saturated rings. The second-order valence-electron chi connectivity index (χ2n) is 4.39. The van der Waals surface area contributed by atoms with Crippen molar-refractivity contribution in [1.29, 1.82) is 0 Å². The summed E-state index contributed by atoms with van der Waals surface area (Å²) in [4.78, 5) is 0. The van der Waals surface area contributed by atoms with Crippen molar-refractivity contribution in [2.75, 3.05) is 18.6 Å². The Kier molecular flexibility index (Phi) is 6.66. The minimum absolute atomic E-state index is 0.502. The molecule has 1 aromatic heterocycles. The van der Waals surface area contributed by atoms with E-state index in [0.717, 1.165) is 18.6 Å². The van der Waals surface area contributed by atoms with Gasteiger partial charge in [0.15, 0.2) is 0 Å². The van der Waals surface area contributed by atoms with Crippen molar-refractivity contribution >= 4 is 11.8 Å². The van der Waals surface area contributed by atoms with Gasteiger partial charge in [-0.25, -0.2) is 0 Å². The van der Waals surface area contributed by atoms with Crippen LogP contribution in [-0.4, -0.2) is 34.4 Å². The molecule has 4 heteroatoms. The topological polar surface area (TPSA) is 29.9 Å². The summed E-state index contributed by atoms with van der Waals surface area (Å²) < 4.78 is 2.08. The van der Waals surface area contributed by atoms with Crippen molar-refractivity contribution in [1.82, 2.24) is 15.1 Å². The first-order valence-corrected chi connectivity index (χ1v) is 7.65. The van der Waals surface area contributed by atoms with Gasteiger partial charge in [-0.3, -0.25) is 4.68 Å². The van der Waals surface area contributed by atoms with E-state index < -0.39 is 0 Å². The molecule has 2 unspecified atom stereocenters. The molecule has 0 spiro atoms. The van der Waals surface area contributed by atoms with E-state index in [0.29, 0.717) is 12.1 Å². The van der Waals surface area contributed by atoms with Crippen molar-refractivity contribution in [3.05, 3.63) is 18.0 Å². The molecular formula is C13H25N3S. The molecule has 0 bridgehead atoms. The first-order chi connectivity index (χ1) is 8.21. The fourth-order valence-electron chi connectivity index (χ4n) is 1.68. The van der Waals surface area contributed by atoms with E-state index in [1.807, 2.05) is 18.8 Å². The molecule has 0 radical (unpaired) electrons. The summed E-state index contributed by atoms with van der Waals surface area (Å²) >= 11 is 1.98. The largest absolute Gasteiger partial charge is 0.316 e. The average Bonchev–Trinajstić information content (AvgIpc) is 2.81. The van der Waals surface area contributed by atoms with Crippen LogP contribution in [0.4, 0.5) is 0 Å². The van der Waals surface area contributed by atoms with E-state index in [-0.39, 0.29) is 0 Å². The lowest BCUT2D eigenvalue weighted by atomic mass is 10.2. The summed E-state index contributed by atoms with van der Waals surface area (Å²) in [6.45, 7) is 6.61. The molecule has 0 saturated heterocycles. The van der Waals surface area contributed by atoms with Crippen LogP contribution < -0.4 is 5.32 Å². The van der Waals surface area contributed by atoms with Gasteiger partial charge < -0.3 is 5.32 Å². The molecule has 2 atom stereocenters. The van der Waals surface area contributed by atoms with Gasteiger partial charge in [0.1, 0.15) is 0 Å². The van der Waals surface area contributed by atoms with E-state index in [9.17, 15) is 0 Å². The maximum Gasteiger partial charge on any atom is 0.0640 e. The van der Waals surface area contributed by atoms with Gasteiger partial charge in [0.05, 0.1) is 5.69 Å². The molecule has 0 aliphatic rings. The summed E-state index contributed by atoms with van der Waals surface area (Å²) in [6, 6.07) is 3.18. The molecule has 1 N–H and O–H groups in total. The minimum atomic E-state index is 0.502. The van der Waals surface area contributed by atoms with E-state index >= 15 is 0 Å². The Hall–Kier alpha value is -0.480. The number of aromatic nitrogens is 2. The molecular weight excluding hydrogens is 230 g/mol. The predicted octanol–water partition coefficient (Wildman–Crippen LogP) is 2.74. The molecule has 0 aliphatic heterocycles. The molecule has 1 aromatic rings. The van der Waals surface area contributed by atoms with Gasteiger partial charge in [-0.15, -0.1) is 0 Å². The highest BCUT2D eigenvalue weighted by Gasteiger charge is 2.10. The second-order valence-corrected chi connectivity index (χ2v) is 5.71. The first-order valence-electron chi connectivity index (χ1n) is 6.50. The Labute approximate surface area is 109 Å². The van der Waals surface area contributed by atoms with Crippen LogP contribution in [-0.2, 0) is 6.42 Å². The van der Waals surface area contributed by atoms with Gasteiger partial charge in [-0.05, 0) is 32.2 Å². The molecule has 0 aliphatic carbocycles. The lowest BCUT2D eigenvalue weighted by Crippen LogP contribution is -2.30. The van der Waals surface area contributed by atoms with Gasteiger partial charge in [0, 0.05) is 30.5 Å². The van der Waals surface area contributed by atoms with Crippen molar-refractivity contribution in [3.63, 3.8) is 0 Å². The third kappa shape index (κ3) is 4.72. The smallest absolute Gasteiger partial charge is 0.0640 e. The van der Waals surface area contributed by atoms with Crippen LogP contribution in [0.2, 0.25) is 0 Å². The summed E-state index contributed by atoms with van der Waals surface area (Å²) in [5.74, 6) is 2.34. The van der Waals surface area contributed by atoms with Gasteiger partial charge >= 0.3 is 0 Å². The lowest BCUT2D eigenvalue weighted by Gasteiger charge is -2.14. The molecule has 0 saturated carbocycles. The van der Waals surface area contributed by atoms with Crippen LogP contribution >= 0.6 is 11.8 Å². The predicted molar refractivity (Wildman–Crippen MR) is 76.8 cm³/mol. The van der Waals surface area contributed by atoms with Gasteiger partial charge in [-0.1, -0.05) is 13.8 Å². The molecule has 3 nitrogen and oxygen atoms in total. The number of rotatable bonds is 8. The lowest BCUT2D eigenvalue weighted by molar-refractivity contribution is 0.470. The molecule has 1 heterocycles. The third-order valence-corrected chi connectivity index (χ3v) is 4.14. The fourth-order valence-corrected chi connectivity index (χ4v) is 2.48. The molecule has 98 valence electrons. The summed E-state index contributed by atoms with van der Waals surface area (Å²) in [7, 11) is 2.03. The monoisotopic (exact) mass is 255 g/mol. The number of nitrogens with one attached hydrogen (secondary N) is 1. The van der Waals surface area contributed by atoms with Gasteiger partial charge in [-0.2, -0.15) is 16.9 Å². The van der Waals surface area contributed by atoms with Crippen LogP contribution in [0.5, 0.6) is 0 Å². The van der Waals surface area contributed by atoms with Crippen molar-refractivity contribution in [3.8, 4) is 0 Å². The molecule has 17 heavy (non-hydrogen) atoms. The maximum absolute atomic E-state index is 4.64. The zero-order valence-electron chi connectivity index (χ0n) is 11.4. The zero-order valence-corrected chi connectivity index (χ0v) is 12.3. The van der Waals surface area contributed by atoms with Crippen molar-refractivity contribution in [2.45, 2.75) is 45.7 Å². The molecule has 0 aromatic carbocycles. The summed E-state index contributed by atoms with van der Waals surface area (Å²) in [5, 5.41) is 8.01. The highest BCUT2D eigenvalue weighted by molar-refractivity contribution is 7.99.